The molecular formula is C30H52O3. The molecule has 0 aromatic heterocycles. The molecule has 0 saturated heterocycles. The molecule has 0 heterocycles. The molecule has 5 aliphatic carbocycles. The second kappa shape index (κ2) is 7.00. The summed E-state index contributed by atoms with van der Waals surface area (Å²) in [5.74, 6) is 2.43. The summed E-state index contributed by atoms with van der Waals surface area (Å²) >= 11 is 0. The van der Waals surface area contributed by atoms with Gasteiger partial charge in [-0.1, -0.05) is 55.4 Å². The fraction of sp³-hybridized carbons (Fsp3) is 1.00. The highest BCUT2D eigenvalue weighted by atomic mass is 16.3. The molecular weight excluding hydrogens is 408 g/mol. The third-order valence-electron chi connectivity index (χ3n) is 14.0. The summed E-state index contributed by atoms with van der Waals surface area (Å²) in [5.41, 5.74) is 0.516. The van der Waals surface area contributed by atoms with Crippen molar-refractivity contribution in [3.05, 3.63) is 0 Å². The number of rotatable bonds is 0. The second-order valence-electron chi connectivity index (χ2n) is 15.7. The van der Waals surface area contributed by atoms with E-state index < -0.39 is 12.2 Å². The molecule has 0 aliphatic heterocycles. The van der Waals surface area contributed by atoms with E-state index >= 15 is 0 Å². The predicted molar refractivity (Wildman–Crippen MR) is 134 cm³/mol. The van der Waals surface area contributed by atoms with Crippen molar-refractivity contribution in [3.63, 3.8) is 0 Å². The highest BCUT2D eigenvalue weighted by Crippen LogP contribution is 2.76. The molecule has 0 bridgehead atoms. The van der Waals surface area contributed by atoms with Crippen LogP contribution in [0.15, 0.2) is 0 Å². The van der Waals surface area contributed by atoms with Crippen LogP contribution in [0.3, 0.4) is 0 Å². The van der Waals surface area contributed by atoms with Gasteiger partial charge >= 0.3 is 0 Å². The van der Waals surface area contributed by atoms with Gasteiger partial charge in [0.05, 0.1) is 18.3 Å². The summed E-state index contributed by atoms with van der Waals surface area (Å²) in [7, 11) is 0. The summed E-state index contributed by atoms with van der Waals surface area (Å²) in [6, 6.07) is 0. The Hall–Kier alpha value is -0.120. The largest absolute Gasteiger partial charge is 0.393 e. The molecule has 5 saturated carbocycles. The van der Waals surface area contributed by atoms with E-state index in [9.17, 15) is 15.3 Å². The highest BCUT2D eigenvalue weighted by molar-refractivity contribution is 5.19. The lowest BCUT2D eigenvalue weighted by atomic mass is 9.31. The summed E-state index contributed by atoms with van der Waals surface area (Å²) in [5, 5.41) is 33.2. The van der Waals surface area contributed by atoms with Crippen molar-refractivity contribution in [1.29, 1.82) is 0 Å². The third kappa shape index (κ3) is 2.85. The number of hydrogen-bond donors (Lipinski definition) is 3. The Morgan fingerprint density at radius 3 is 1.88 bits per heavy atom. The molecule has 0 spiro atoms. The first-order chi connectivity index (χ1) is 15.1. The molecule has 0 aromatic rings. The lowest BCUT2D eigenvalue weighted by Crippen LogP contribution is -2.69. The van der Waals surface area contributed by atoms with Crippen molar-refractivity contribution in [1.82, 2.24) is 0 Å². The molecule has 0 radical (unpaired) electrons. The van der Waals surface area contributed by atoms with Crippen LogP contribution in [0, 0.1) is 56.2 Å². The smallest absolute Gasteiger partial charge is 0.0860 e. The standard InChI is InChI=1S/C30H52O3/c1-25(2)17-19-18-9-10-21-28(6)13-12-22(31)26(3,4)20(28)11-14-30(21,8)29(18,7)16-15-27(19,5)24(33)23(25)32/h18-24,31-33H,9-17H2,1-8H3/t18-,19-,20?,21-,22?,23?,24?,27-,28+,29-,30-/m1/s1. The molecule has 3 heteroatoms. The SMILES string of the molecule is CC1(C)C[C@@H]2[C@H]3CC[C@@H]4[C@@]5(C)CCC(O)C(C)(C)C5CC[C@@]4(C)[C@]3(C)CC[C@@]2(C)C(O)C1O. The van der Waals surface area contributed by atoms with E-state index in [4.69, 9.17) is 0 Å². The van der Waals surface area contributed by atoms with Gasteiger partial charge in [-0.3, -0.25) is 0 Å². The van der Waals surface area contributed by atoms with E-state index in [-0.39, 0.29) is 27.8 Å². The fourth-order valence-electron chi connectivity index (χ4n) is 11.5. The molecule has 5 aliphatic rings. The van der Waals surface area contributed by atoms with Gasteiger partial charge in [0.1, 0.15) is 0 Å². The maximum atomic E-state index is 11.3. The minimum absolute atomic E-state index is 0.00482. The van der Waals surface area contributed by atoms with E-state index in [0.717, 1.165) is 19.3 Å². The third-order valence-corrected chi connectivity index (χ3v) is 14.0. The van der Waals surface area contributed by atoms with Gasteiger partial charge in [-0.15, -0.1) is 0 Å². The van der Waals surface area contributed by atoms with Gasteiger partial charge in [0.25, 0.3) is 0 Å². The van der Waals surface area contributed by atoms with E-state index in [1.807, 2.05) is 0 Å². The van der Waals surface area contributed by atoms with Crippen LogP contribution >= 0.6 is 0 Å². The highest BCUT2D eigenvalue weighted by Gasteiger charge is 2.71. The normalized spacial score (nSPS) is 59.5. The van der Waals surface area contributed by atoms with Crippen LogP contribution in [0.2, 0.25) is 0 Å². The molecule has 4 unspecified atom stereocenters. The van der Waals surface area contributed by atoms with Crippen LogP contribution < -0.4 is 0 Å². The van der Waals surface area contributed by atoms with Gasteiger partial charge in [-0.05, 0) is 114 Å². The average Bonchev–Trinajstić information content (AvgIpc) is 2.72. The Morgan fingerprint density at radius 2 is 1.21 bits per heavy atom. The van der Waals surface area contributed by atoms with Gasteiger partial charge in [0.15, 0.2) is 0 Å². The second-order valence-corrected chi connectivity index (χ2v) is 15.7. The van der Waals surface area contributed by atoms with Crippen LogP contribution in [0.5, 0.6) is 0 Å². The molecule has 0 aromatic carbocycles. The average molecular weight is 461 g/mol. The minimum atomic E-state index is -0.625. The van der Waals surface area contributed by atoms with Crippen molar-refractivity contribution >= 4 is 0 Å². The molecule has 11 atom stereocenters. The number of aliphatic hydroxyl groups excluding tert-OH is 3. The van der Waals surface area contributed by atoms with Crippen molar-refractivity contribution in [2.75, 3.05) is 0 Å². The first-order valence-corrected chi connectivity index (χ1v) is 14.1. The van der Waals surface area contributed by atoms with Crippen molar-refractivity contribution in [3.8, 4) is 0 Å². The van der Waals surface area contributed by atoms with E-state index in [1.54, 1.807) is 0 Å². The topological polar surface area (TPSA) is 60.7 Å². The van der Waals surface area contributed by atoms with Crippen LogP contribution in [-0.4, -0.2) is 33.6 Å². The minimum Gasteiger partial charge on any atom is -0.393 e. The Morgan fingerprint density at radius 1 is 0.545 bits per heavy atom. The summed E-state index contributed by atoms with van der Waals surface area (Å²) in [6.45, 7) is 19.2. The van der Waals surface area contributed by atoms with Crippen molar-refractivity contribution in [2.45, 2.75) is 131 Å². The van der Waals surface area contributed by atoms with Gasteiger partial charge in [0, 0.05) is 0 Å². The quantitative estimate of drug-likeness (QED) is 0.404. The van der Waals surface area contributed by atoms with E-state index in [0.29, 0.717) is 34.5 Å². The zero-order chi connectivity index (χ0) is 24.4. The Kier molecular flexibility index (Phi) is 5.21. The van der Waals surface area contributed by atoms with Crippen LogP contribution in [-0.2, 0) is 0 Å². The van der Waals surface area contributed by atoms with E-state index in [2.05, 4.69) is 55.4 Å². The zero-order valence-electron chi connectivity index (χ0n) is 22.7. The van der Waals surface area contributed by atoms with E-state index in [1.165, 1.54) is 38.5 Å². The van der Waals surface area contributed by atoms with Crippen LogP contribution in [0.1, 0.15) is 113 Å². The first-order valence-electron chi connectivity index (χ1n) is 14.1. The monoisotopic (exact) mass is 460 g/mol. The zero-order valence-corrected chi connectivity index (χ0v) is 22.7. The van der Waals surface area contributed by atoms with Gasteiger partial charge in [-0.2, -0.15) is 0 Å². The van der Waals surface area contributed by atoms with Gasteiger partial charge in [-0.25, -0.2) is 0 Å². The Bertz CT molecular complexity index is 804. The molecule has 5 fully saturated rings. The Balaban J connectivity index is 1.53. The van der Waals surface area contributed by atoms with Gasteiger partial charge in [0.2, 0.25) is 0 Å². The molecule has 5 rings (SSSR count). The molecule has 190 valence electrons. The summed E-state index contributed by atoms with van der Waals surface area (Å²) in [6.07, 6.45) is 9.03. The molecule has 0 amide bonds. The number of fused-ring (bicyclic) bond motifs is 7. The summed E-state index contributed by atoms with van der Waals surface area (Å²) in [4.78, 5) is 0. The predicted octanol–water partition coefficient (Wildman–Crippen LogP) is 6.19. The maximum Gasteiger partial charge on any atom is 0.0860 e. The lowest BCUT2D eigenvalue weighted by Gasteiger charge is -2.74. The van der Waals surface area contributed by atoms with Crippen molar-refractivity contribution < 1.29 is 15.3 Å². The summed E-state index contributed by atoms with van der Waals surface area (Å²) < 4.78 is 0. The number of aliphatic hydroxyl groups is 3. The Labute approximate surface area is 203 Å². The molecule has 33 heavy (non-hydrogen) atoms. The van der Waals surface area contributed by atoms with Crippen molar-refractivity contribution in [2.24, 2.45) is 56.2 Å². The van der Waals surface area contributed by atoms with Gasteiger partial charge < -0.3 is 15.3 Å². The maximum absolute atomic E-state index is 11.3. The van der Waals surface area contributed by atoms with Crippen LogP contribution in [0.25, 0.3) is 0 Å². The van der Waals surface area contributed by atoms with Crippen LogP contribution in [0.4, 0.5) is 0 Å². The first kappa shape index (κ1) is 24.6. The lowest BCUT2D eigenvalue weighted by molar-refractivity contribution is -0.274. The molecule has 3 N–H and O–H groups in total. The fourth-order valence-corrected chi connectivity index (χ4v) is 11.5. The number of hydrogen-bond acceptors (Lipinski definition) is 3. The molecule has 3 nitrogen and oxygen atoms in total.